The van der Waals surface area contributed by atoms with Gasteiger partial charge in [0.1, 0.15) is 5.02 Å². The topological polar surface area (TPSA) is 155 Å². The number of hydrogen-bond acceptors (Lipinski definition) is 8. The highest BCUT2D eigenvalue weighted by atomic mass is 35.5. The van der Waals surface area contributed by atoms with Gasteiger partial charge in [-0.05, 0) is 6.07 Å². The monoisotopic (exact) mass is 384 g/mol. The van der Waals surface area contributed by atoms with Crippen LogP contribution in [0.15, 0.2) is 27.6 Å². The molecule has 2 heterocycles. The second-order valence-electron chi connectivity index (χ2n) is 4.70. The molecule has 12 heteroatoms. The SMILES string of the molecule is O=c1[nH]cc(Cl)c(-c2noc(-c3cc(O)c(O)c([N+](=O)[O-])c3)n2)c1Cl. The average Bonchev–Trinajstić information content (AvgIpc) is 3.03. The zero-order chi connectivity index (χ0) is 18.3. The molecule has 0 saturated heterocycles. The predicted octanol–water partition coefficient (Wildman–Crippen LogP) is 2.72. The molecule has 3 N–H and O–H groups in total. The van der Waals surface area contributed by atoms with E-state index in [9.17, 15) is 25.1 Å². The number of hydrogen-bond donors (Lipinski definition) is 3. The number of nitrogens with zero attached hydrogens (tertiary/aromatic N) is 3. The van der Waals surface area contributed by atoms with Crippen LogP contribution in [-0.4, -0.2) is 30.3 Å². The zero-order valence-electron chi connectivity index (χ0n) is 11.9. The molecule has 128 valence electrons. The molecule has 0 fully saturated rings. The van der Waals surface area contributed by atoms with Crippen molar-refractivity contribution in [2.45, 2.75) is 0 Å². The van der Waals surface area contributed by atoms with E-state index in [1.807, 2.05) is 0 Å². The molecule has 3 aromatic rings. The number of aromatic amines is 1. The number of halogens is 2. The van der Waals surface area contributed by atoms with E-state index in [-0.39, 0.29) is 32.9 Å². The average molecular weight is 385 g/mol. The number of nitro benzene ring substituents is 1. The van der Waals surface area contributed by atoms with E-state index in [0.29, 0.717) is 0 Å². The Balaban J connectivity index is 2.14. The Morgan fingerprint density at radius 2 is 2.00 bits per heavy atom. The van der Waals surface area contributed by atoms with E-state index in [4.69, 9.17) is 27.7 Å². The largest absolute Gasteiger partial charge is 0.504 e. The molecule has 0 aliphatic heterocycles. The molecular formula is C13H6Cl2N4O6. The Morgan fingerprint density at radius 3 is 2.68 bits per heavy atom. The Morgan fingerprint density at radius 1 is 1.28 bits per heavy atom. The van der Waals surface area contributed by atoms with Gasteiger partial charge < -0.3 is 19.7 Å². The second kappa shape index (κ2) is 6.07. The third-order valence-electron chi connectivity index (χ3n) is 3.15. The summed E-state index contributed by atoms with van der Waals surface area (Å²) in [5.41, 5.74) is -1.38. The maximum atomic E-state index is 11.6. The summed E-state index contributed by atoms with van der Waals surface area (Å²) in [6.45, 7) is 0. The van der Waals surface area contributed by atoms with Crippen LogP contribution in [0.3, 0.4) is 0 Å². The maximum Gasteiger partial charge on any atom is 0.315 e. The molecule has 10 nitrogen and oxygen atoms in total. The van der Waals surface area contributed by atoms with Gasteiger partial charge in [-0.2, -0.15) is 4.98 Å². The van der Waals surface area contributed by atoms with Gasteiger partial charge in [-0.1, -0.05) is 28.4 Å². The van der Waals surface area contributed by atoms with Gasteiger partial charge in [-0.15, -0.1) is 0 Å². The molecular weight excluding hydrogens is 379 g/mol. The summed E-state index contributed by atoms with van der Waals surface area (Å²) in [5.74, 6) is -1.99. The highest BCUT2D eigenvalue weighted by Crippen LogP contribution is 2.39. The van der Waals surface area contributed by atoms with E-state index in [2.05, 4.69) is 15.1 Å². The molecule has 2 aromatic heterocycles. The van der Waals surface area contributed by atoms with Gasteiger partial charge >= 0.3 is 5.69 Å². The van der Waals surface area contributed by atoms with Crippen molar-refractivity contribution in [3.05, 3.63) is 48.8 Å². The fourth-order valence-electron chi connectivity index (χ4n) is 2.00. The lowest BCUT2D eigenvalue weighted by atomic mass is 10.1. The van der Waals surface area contributed by atoms with Crippen molar-refractivity contribution >= 4 is 28.9 Å². The predicted molar refractivity (Wildman–Crippen MR) is 85.8 cm³/mol. The Hall–Kier alpha value is -3.11. The lowest BCUT2D eigenvalue weighted by molar-refractivity contribution is -0.385. The minimum absolute atomic E-state index is 0.0135. The number of nitrogens with one attached hydrogen (secondary N) is 1. The van der Waals surface area contributed by atoms with Gasteiger partial charge in [-0.3, -0.25) is 14.9 Å². The van der Waals surface area contributed by atoms with Crippen LogP contribution >= 0.6 is 23.2 Å². The molecule has 0 atom stereocenters. The zero-order valence-corrected chi connectivity index (χ0v) is 13.4. The number of H-pyrrole nitrogens is 1. The summed E-state index contributed by atoms with van der Waals surface area (Å²) in [7, 11) is 0. The summed E-state index contributed by atoms with van der Waals surface area (Å²) < 4.78 is 4.98. The Kier molecular flexibility index (Phi) is 4.07. The number of nitro groups is 1. The molecule has 0 aliphatic rings. The molecule has 25 heavy (non-hydrogen) atoms. The first-order valence-electron chi connectivity index (χ1n) is 6.41. The van der Waals surface area contributed by atoms with Crippen molar-refractivity contribution in [2.24, 2.45) is 0 Å². The maximum absolute atomic E-state index is 11.6. The van der Waals surface area contributed by atoms with Gasteiger partial charge in [-0.25, -0.2) is 0 Å². The lowest BCUT2D eigenvalue weighted by Gasteiger charge is -2.01. The summed E-state index contributed by atoms with van der Waals surface area (Å²) in [6, 6.07) is 1.94. The molecule has 0 bridgehead atoms. The normalized spacial score (nSPS) is 10.8. The highest BCUT2D eigenvalue weighted by molar-refractivity contribution is 6.38. The minimum atomic E-state index is -0.894. The lowest BCUT2D eigenvalue weighted by Crippen LogP contribution is -2.07. The highest BCUT2D eigenvalue weighted by Gasteiger charge is 2.23. The van der Waals surface area contributed by atoms with Crippen LogP contribution in [0.5, 0.6) is 11.5 Å². The number of benzene rings is 1. The van der Waals surface area contributed by atoms with Crippen LogP contribution in [0.25, 0.3) is 22.8 Å². The molecule has 0 saturated carbocycles. The molecule has 0 unspecified atom stereocenters. The van der Waals surface area contributed by atoms with E-state index < -0.39 is 27.7 Å². The first-order chi connectivity index (χ1) is 11.8. The van der Waals surface area contributed by atoms with Crippen LogP contribution in [0.1, 0.15) is 0 Å². The number of pyridine rings is 1. The fourth-order valence-corrected chi connectivity index (χ4v) is 2.52. The van der Waals surface area contributed by atoms with E-state index in [1.54, 1.807) is 0 Å². The fraction of sp³-hybridized carbons (Fsp3) is 0. The number of rotatable bonds is 3. The van der Waals surface area contributed by atoms with E-state index in [1.165, 1.54) is 6.20 Å². The third-order valence-corrected chi connectivity index (χ3v) is 3.81. The smallest absolute Gasteiger partial charge is 0.315 e. The number of phenols is 2. The first kappa shape index (κ1) is 16.7. The molecule has 1 aromatic carbocycles. The van der Waals surface area contributed by atoms with Gasteiger partial charge in [0.05, 0.1) is 21.1 Å². The summed E-state index contributed by atoms with van der Waals surface area (Å²) in [6.07, 6.45) is 1.19. The Bertz CT molecular complexity index is 1060. The standard InChI is InChI=1S/C13H6Cl2N4O6/c14-5-3-16-12(22)9(15)8(5)11-17-13(25-18-11)4-1-6(19(23)24)10(21)7(20)2-4/h1-3,20-21H,(H,16,22). The summed E-state index contributed by atoms with van der Waals surface area (Å²) >= 11 is 11.9. The minimum Gasteiger partial charge on any atom is -0.504 e. The van der Waals surface area contributed by atoms with E-state index in [0.717, 1.165) is 12.1 Å². The molecule has 0 radical (unpaired) electrons. The van der Waals surface area contributed by atoms with Crippen LogP contribution in [0.2, 0.25) is 10.0 Å². The second-order valence-corrected chi connectivity index (χ2v) is 5.48. The summed E-state index contributed by atoms with van der Waals surface area (Å²) in [4.78, 5) is 27.9. The van der Waals surface area contributed by atoms with Crippen LogP contribution in [0.4, 0.5) is 5.69 Å². The Labute approximate surface area is 147 Å². The van der Waals surface area contributed by atoms with Gasteiger partial charge in [0.25, 0.3) is 11.4 Å². The molecule has 0 aliphatic carbocycles. The van der Waals surface area contributed by atoms with Gasteiger partial charge in [0.15, 0.2) is 5.75 Å². The molecule has 0 spiro atoms. The van der Waals surface area contributed by atoms with Crippen molar-refractivity contribution in [1.29, 1.82) is 0 Å². The van der Waals surface area contributed by atoms with Crippen LogP contribution < -0.4 is 5.56 Å². The van der Waals surface area contributed by atoms with Crippen molar-refractivity contribution in [3.63, 3.8) is 0 Å². The van der Waals surface area contributed by atoms with Crippen molar-refractivity contribution in [1.82, 2.24) is 15.1 Å². The third kappa shape index (κ3) is 2.88. The van der Waals surface area contributed by atoms with Gasteiger partial charge in [0, 0.05) is 12.3 Å². The van der Waals surface area contributed by atoms with Crippen molar-refractivity contribution in [3.8, 4) is 34.3 Å². The van der Waals surface area contributed by atoms with Crippen LogP contribution in [0, 0.1) is 10.1 Å². The van der Waals surface area contributed by atoms with Crippen molar-refractivity contribution < 1.29 is 19.7 Å². The van der Waals surface area contributed by atoms with E-state index >= 15 is 0 Å². The number of phenolic OH excluding ortho intramolecular Hbond substituents is 2. The van der Waals surface area contributed by atoms with Crippen LogP contribution in [-0.2, 0) is 0 Å². The number of aromatic nitrogens is 3. The van der Waals surface area contributed by atoms with Gasteiger partial charge in [0.2, 0.25) is 11.6 Å². The first-order valence-corrected chi connectivity index (χ1v) is 7.16. The molecule has 3 rings (SSSR count). The number of aromatic hydroxyl groups is 2. The molecule has 0 amide bonds. The van der Waals surface area contributed by atoms with Crippen molar-refractivity contribution in [2.75, 3.05) is 0 Å². The quantitative estimate of drug-likeness (QED) is 0.353. The summed E-state index contributed by atoms with van der Waals surface area (Å²) in [5, 5.41) is 33.4.